The van der Waals surface area contributed by atoms with E-state index in [1.54, 1.807) is 42.5 Å². The highest BCUT2D eigenvalue weighted by atomic mass is 16.6. The van der Waals surface area contributed by atoms with Crippen LogP contribution in [0.3, 0.4) is 0 Å². The molecule has 1 fully saturated rings. The number of likely N-dealkylation sites (tertiary alicyclic amines) is 1. The Hall–Kier alpha value is -4.27. The molecular weight excluding hydrogens is 466 g/mol. The van der Waals surface area contributed by atoms with Crippen LogP contribution in [0, 0.1) is 0 Å². The fourth-order valence-electron chi connectivity index (χ4n) is 3.82. The summed E-state index contributed by atoms with van der Waals surface area (Å²) in [7, 11) is 6.01. The van der Waals surface area contributed by atoms with Gasteiger partial charge in [0.2, 0.25) is 5.75 Å². The van der Waals surface area contributed by atoms with Gasteiger partial charge in [0.1, 0.15) is 0 Å². The summed E-state index contributed by atoms with van der Waals surface area (Å²) in [5.74, 6) is 0.773. The van der Waals surface area contributed by atoms with Gasteiger partial charge in [0.15, 0.2) is 23.0 Å². The van der Waals surface area contributed by atoms with Crippen molar-refractivity contribution in [1.82, 2.24) is 4.90 Å². The Balaban J connectivity index is 1.80. The van der Waals surface area contributed by atoms with Gasteiger partial charge >= 0.3 is 5.97 Å². The van der Waals surface area contributed by atoms with Gasteiger partial charge in [0.05, 0.1) is 28.4 Å². The van der Waals surface area contributed by atoms with Crippen molar-refractivity contribution in [2.75, 3.05) is 35.0 Å². The second kappa shape index (κ2) is 11.9. The minimum Gasteiger partial charge on any atom is -0.493 e. The van der Waals surface area contributed by atoms with Gasteiger partial charge in [-0.3, -0.25) is 19.3 Å². The second-order valence-electron chi connectivity index (χ2n) is 7.86. The molecule has 1 saturated heterocycles. The van der Waals surface area contributed by atoms with Gasteiger partial charge in [0, 0.05) is 25.1 Å². The Morgan fingerprint density at radius 1 is 0.861 bits per heavy atom. The Labute approximate surface area is 209 Å². The Morgan fingerprint density at radius 2 is 1.50 bits per heavy atom. The number of hydrogen-bond donors (Lipinski definition) is 0. The second-order valence-corrected chi connectivity index (χ2v) is 7.86. The molecule has 3 rings (SSSR count). The minimum atomic E-state index is -0.467. The highest BCUT2D eigenvalue weighted by Crippen LogP contribution is 2.39. The molecule has 0 radical (unpaired) electrons. The Bertz CT molecular complexity index is 1190. The fourth-order valence-corrected chi connectivity index (χ4v) is 3.82. The zero-order valence-corrected chi connectivity index (χ0v) is 21.0. The highest BCUT2D eigenvalue weighted by Gasteiger charge is 2.27. The number of carbonyl (C=O) groups excluding carboxylic acids is 3. The predicted octanol–water partition coefficient (Wildman–Crippen LogP) is 3.89. The van der Waals surface area contributed by atoms with Crippen molar-refractivity contribution in [2.45, 2.75) is 19.8 Å². The van der Waals surface area contributed by atoms with Crippen LogP contribution in [-0.2, 0) is 14.4 Å². The maximum Gasteiger partial charge on any atom is 0.308 e. The predicted molar refractivity (Wildman–Crippen MR) is 133 cm³/mol. The van der Waals surface area contributed by atoms with Gasteiger partial charge in [-0.05, 0) is 60.4 Å². The third kappa shape index (κ3) is 6.04. The number of esters is 1. The number of imide groups is 1. The Kier molecular flexibility index (Phi) is 8.72. The first-order valence-corrected chi connectivity index (χ1v) is 11.2. The number of carbonyl (C=O) groups is 3. The molecule has 36 heavy (non-hydrogen) atoms. The fraction of sp³-hybridized carbons (Fsp3) is 0.296. The summed E-state index contributed by atoms with van der Waals surface area (Å²) >= 11 is 0. The molecule has 1 aliphatic heterocycles. The molecule has 0 aromatic heterocycles. The number of piperidine rings is 1. The van der Waals surface area contributed by atoms with E-state index in [2.05, 4.69) is 0 Å². The van der Waals surface area contributed by atoms with E-state index in [4.69, 9.17) is 23.7 Å². The van der Waals surface area contributed by atoms with Crippen molar-refractivity contribution in [1.29, 1.82) is 0 Å². The summed E-state index contributed by atoms with van der Waals surface area (Å²) in [4.78, 5) is 38.4. The number of amides is 2. The number of methoxy groups -OCH3 is 4. The van der Waals surface area contributed by atoms with Gasteiger partial charge in [0.25, 0.3) is 11.8 Å². The summed E-state index contributed by atoms with van der Waals surface area (Å²) in [5, 5.41) is 0. The summed E-state index contributed by atoms with van der Waals surface area (Å²) in [6, 6.07) is 8.38. The first-order valence-electron chi connectivity index (χ1n) is 11.2. The smallest absolute Gasteiger partial charge is 0.308 e. The lowest BCUT2D eigenvalue weighted by Crippen LogP contribution is -2.40. The van der Waals surface area contributed by atoms with Crippen LogP contribution in [0.4, 0.5) is 0 Å². The standard InChI is InChI=1S/C27H29NO8/c1-17(29)36-21-10-8-18(14-22(21)32-2)9-11-25(30)28-12-6-7-20(27(28)31)13-19-15-23(33-3)26(35-5)24(16-19)34-4/h8-11,13-16H,6-7,12H2,1-5H3. The maximum absolute atomic E-state index is 13.1. The van der Waals surface area contributed by atoms with Crippen LogP contribution in [0.15, 0.2) is 42.0 Å². The summed E-state index contributed by atoms with van der Waals surface area (Å²) < 4.78 is 26.5. The molecule has 9 heteroatoms. The molecule has 190 valence electrons. The molecule has 2 aromatic rings. The first-order chi connectivity index (χ1) is 17.3. The first kappa shape index (κ1) is 26.3. The van der Waals surface area contributed by atoms with Crippen LogP contribution in [-0.4, -0.2) is 57.7 Å². The van der Waals surface area contributed by atoms with Crippen LogP contribution < -0.4 is 23.7 Å². The number of hydrogen-bond acceptors (Lipinski definition) is 8. The van der Waals surface area contributed by atoms with E-state index < -0.39 is 11.9 Å². The monoisotopic (exact) mass is 495 g/mol. The van der Waals surface area contributed by atoms with Crippen LogP contribution in [0.25, 0.3) is 12.2 Å². The van der Waals surface area contributed by atoms with Crippen molar-refractivity contribution < 1.29 is 38.1 Å². The maximum atomic E-state index is 13.1. The molecule has 1 heterocycles. The summed E-state index contributed by atoms with van der Waals surface area (Å²) in [5.41, 5.74) is 1.84. The van der Waals surface area contributed by atoms with Gasteiger partial charge in [-0.15, -0.1) is 0 Å². The van der Waals surface area contributed by atoms with E-state index in [0.29, 0.717) is 59.1 Å². The lowest BCUT2D eigenvalue weighted by Gasteiger charge is -2.26. The molecule has 1 aliphatic rings. The summed E-state index contributed by atoms with van der Waals surface area (Å²) in [6.07, 6.45) is 5.83. The molecule has 0 atom stereocenters. The van der Waals surface area contributed by atoms with Crippen molar-refractivity contribution in [3.63, 3.8) is 0 Å². The van der Waals surface area contributed by atoms with Gasteiger partial charge in [-0.2, -0.15) is 0 Å². The normalized spacial score (nSPS) is 14.6. The summed E-state index contributed by atoms with van der Waals surface area (Å²) in [6.45, 7) is 1.62. The molecule has 0 aliphatic carbocycles. The molecule has 0 unspecified atom stereocenters. The number of benzene rings is 2. The van der Waals surface area contributed by atoms with Gasteiger partial charge in [-0.25, -0.2) is 0 Å². The van der Waals surface area contributed by atoms with E-state index in [0.717, 1.165) is 0 Å². The van der Waals surface area contributed by atoms with E-state index in [1.807, 2.05) is 0 Å². The van der Waals surface area contributed by atoms with Gasteiger partial charge in [-0.1, -0.05) is 6.07 Å². The largest absolute Gasteiger partial charge is 0.493 e. The number of nitrogens with zero attached hydrogens (tertiary/aromatic N) is 1. The molecular formula is C27H29NO8. The third-order valence-corrected chi connectivity index (χ3v) is 5.50. The van der Waals surface area contributed by atoms with Crippen molar-refractivity contribution in [3.8, 4) is 28.7 Å². The average molecular weight is 496 g/mol. The number of ether oxygens (including phenoxy) is 5. The molecule has 2 amide bonds. The molecule has 0 bridgehead atoms. The van der Waals surface area contributed by atoms with E-state index in [-0.39, 0.29) is 11.7 Å². The van der Waals surface area contributed by atoms with E-state index >= 15 is 0 Å². The zero-order chi connectivity index (χ0) is 26.2. The van der Waals surface area contributed by atoms with Crippen LogP contribution in [0.2, 0.25) is 0 Å². The molecule has 2 aromatic carbocycles. The molecule has 0 saturated carbocycles. The molecule has 0 spiro atoms. The average Bonchev–Trinajstić information content (AvgIpc) is 2.88. The van der Waals surface area contributed by atoms with Crippen LogP contribution >= 0.6 is 0 Å². The van der Waals surface area contributed by atoms with Crippen LogP contribution in [0.1, 0.15) is 30.9 Å². The van der Waals surface area contributed by atoms with Crippen LogP contribution in [0.5, 0.6) is 28.7 Å². The van der Waals surface area contributed by atoms with Gasteiger partial charge < -0.3 is 23.7 Å². The molecule has 0 N–H and O–H groups in total. The van der Waals surface area contributed by atoms with E-state index in [9.17, 15) is 14.4 Å². The lowest BCUT2D eigenvalue weighted by atomic mass is 10.00. The van der Waals surface area contributed by atoms with Crippen molar-refractivity contribution in [2.24, 2.45) is 0 Å². The third-order valence-electron chi connectivity index (χ3n) is 5.50. The highest BCUT2D eigenvalue weighted by molar-refractivity contribution is 6.11. The van der Waals surface area contributed by atoms with Crippen molar-refractivity contribution >= 4 is 29.9 Å². The van der Waals surface area contributed by atoms with Crippen molar-refractivity contribution in [3.05, 3.63) is 53.1 Å². The van der Waals surface area contributed by atoms with E-state index in [1.165, 1.54) is 46.3 Å². The SMILES string of the molecule is COc1cc(C=CC(=O)N2CCCC(=Cc3cc(OC)c(OC)c(OC)c3)C2=O)ccc1OC(C)=O. The quantitative estimate of drug-likeness (QED) is 0.309. The Morgan fingerprint density at radius 3 is 2.08 bits per heavy atom. The minimum absolute atomic E-state index is 0.279. The zero-order valence-electron chi connectivity index (χ0n) is 21.0. The molecule has 9 nitrogen and oxygen atoms in total. The topological polar surface area (TPSA) is 101 Å². The lowest BCUT2D eigenvalue weighted by molar-refractivity contribution is -0.140. The number of rotatable bonds is 8.